The van der Waals surface area contributed by atoms with Crippen LogP contribution < -0.4 is 19.7 Å². The van der Waals surface area contributed by atoms with Crippen LogP contribution >= 0.6 is 0 Å². The van der Waals surface area contributed by atoms with E-state index in [0.717, 1.165) is 12.0 Å². The van der Waals surface area contributed by atoms with Crippen molar-refractivity contribution in [3.8, 4) is 11.5 Å². The highest BCUT2D eigenvalue weighted by Gasteiger charge is 2.36. The maximum Gasteiger partial charge on any atom is 0.330 e. The lowest BCUT2D eigenvalue weighted by molar-refractivity contribution is -0.114. The standard InChI is InChI=1S/C21H22N4O4/c1-28-14-8-9-18(29-2)16(12-14)23-19(26)13-25-17-7-4-3-6-15(17)20-22-10-5-11-24(20)21(25)27/h3-4,6-9,12H,5,10-11,13H2,1-2H3,(H,23,26). The van der Waals surface area contributed by atoms with Crippen LogP contribution in [0.15, 0.2) is 47.5 Å². The predicted octanol–water partition coefficient (Wildman–Crippen LogP) is 2.73. The first kappa shape index (κ1) is 18.8. The Morgan fingerprint density at radius 3 is 2.79 bits per heavy atom. The molecule has 8 nitrogen and oxygen atoms in total. The molecule has 3 amide bonds. The van der Waals surface area contributed by atoms with E-state index >= 15 is 0 Å². The molecule has 2 aromatic carbocycles. The third-order valence-corrected chi connectivity index (χ3v) is 4.94. The van der Waals surface area contributed by atoms with Gasteiger partial charge in [-0.05, 0) is 30.7 Å². The summed E-state index contributed by atoms with van der Waals surface area (Å²) in [4.78, 5) is 33.6. The average molecular weight is 394 g/mol. The van der Waals surface area contributed by atoms with Gasteiger partial charge < -0.3 is 14.8 Å². The number of amidine groups is 1. The van der Waals surface area contributed by atoms with Crippen molar-refractivity contribution in [3.63, 3.8) is 0 Å². The van der Waals surface area contributed by atoms with Crippen LogP contribution in [0.3, 0.4) is 0 Å². The molecule has 4 rings (SSSR count). The molecule has 0 bridgehead atoms. The third kappa shape index (κ3) is 3.49. The number of aliphatic imine (C=N–C) groups is 1. The molecule has 0 aromatic heterocycles. The van der Waals surface area contributed by atoms with Crippen LogP contribution in [0.2, 0.25) is 0 Å². The second kappa shape index (κ2) is 7.83. The number of rotatable bonds is 5. The summed E-state index contributed by atoms with van der Waals surface area (Å²) < 4.78 is 10.5. The Hall–Kier alpha value is -3.55. The van der Waals surface area contributed by atoms with Crippen LogP contribution in [0.1, 0.15) is 12.0 Å². The Kier molecular flexibility index (Phi) is 5.07. The van der Waals surface area contributed by atoms with E-state index in [1.165, 1.54) is 12.0 Å². The summed E-state index contributed by atoms with van der Waals surface area (Å²) in [5.74, 6) is 1.45. The minimum atomic E-state index is -0.336. The molecule has 2 aromatic rings. The summed E-state index contributed by atoms with van der Waals surface area (Å²) in [6.45, 7) is 1.16. The van der Waals surface area contributed by atoms with Gasteiger partial charge in [0.2, 0.25) is 5.91 Å². The van der Waals surface area contributed by atoms with Crippen LogP contribution in [0.5, 0.6) is 11.5 Å². The van der Waals surface area contributed by atoms with Crippen LogP contribution in [0.25, 0.3) is 0 Å². The first-order valence-corrected chi connectivity index (χ1v) is 9.37. The number of fused-ring (bicyclic) bond motifs is 3. The van der Waals surface area contributed by atoms with E-state index in [4.69, 9.17) is 9.47 Å². The highest BCUT2D eigenvalue weighted by atomic mass is 16.5. The van der Waals surface area contributed by atoms with E-state index in [-0.39, 0.29) is 18.5 Å². The fourth-order valence-corrected chi connectivity index (χ4v) is 3.57. The Bertz CT molecular complexity index is 988. The molecular weight excluding hydrogens is 372 g/mol. The van der Waals surface area contributed by atoms with E-state index < -0.39 is 0 Å². The zero-order valence-corrected chi connectivity index (χ0v) is 16.3. The van der Waals surface area contributed by atoms with Gasteiger partial charge in [0.15, 0.2) is 0 Å². The molecule has 0 saturated carbocycles. The number of anilines is 2. The van der Waals surface area contributed by atoms with Crippen LogP contribution in [-0.4, -0.2) is 56.5 Å². The normalized spacial score (nSPS) is 15.2. The first-order chi connectivity index (χ1) is 14.1. The molecular formula is C21H22N4O4. The monoisotopic (exact) mass is 394 g/mol. The van der Waals surface area contributed by atoms with Gasteiger partial charge in [-0.1, -0.05) is 12.1 Å². The predicted molar refractivity (Wildman–Crippen MR) is 110 cm³/mol. The smallest absolute Gasteiger partial charge is 0.330 e. The lowest BCUT2D eigenvalue weighted by Crippen LogP contribution is -2.54. The van der Waals surface area contributed by atoms with Gasteiger partial charge >= 0.3 is 6.03 Å². The second-order valence-electron chi connectivity index (χ2n) is 6.71. The number of ether oxygens (including phenoxy) is 2. The molecule has 0 atom stereocenters. The van der Waals surface area contributed by atoms with Crippen molar-refractivity contribution >= 4 is 29.1 Å². The van der Waals surface area contributed by atoms with E-state index in [1.54, 1.807) is 30.2 Å². The Morgan fingerprint density at radius 1 is 1.17 bits per heavy atom. The quantitative estimate of drug-likeness (QED) is 0.845. The molecule has 0 spiro atoms. The minimum Gasteiger partial charge on any atom is -0.497 e. The van der Waals surface area contributed by atoms with Crippen molar-refractivity contribution in [1.29, 1.82) is 0 Å². The summed E-state index contributed by atoms with van der Waals surface area (Å²) in [5.41, 5.74) is 2.02. The fourth-order valence-electron chi connectivity index (χ4n) is 3.57. The molecule has 2 aliphatic heterocycles. The van der Waals surface area contributed by atoms with Gasteiger partial charge in [-0.25, -0.2) is 4.79 Å². The molecule has 150 valence electrons. The van der Waals surface area contributed by atoms with Gasteiger partial charge in [0, 0.05) is 24.7 Å². The van der Waals surface area contributed by atoms with Crippen molar-refractivity contribution in [2.45, 2.75) is 6.42 Å². The first-order valence-electron chi connectivity index (χ1n) is 9.37. The SMILES string of the molecule is COc1ccc(OC)c(NC(=O)CN2C(=O)N3CCCN=C3c3ccccc32)c1. The van der Waals surface area contributed by atoms with Gasteiger partial charge in [0.1, 0.15) is 23.9 Å². The zero-order chi connectivity index (χ0) is 20.4. The topological polar surface area (TPSA) is 83.5 Å². The summed E-state index contributed by atoms with van der Waals surface area (Å²) in [7, 11) is 3.08. The molecule has 0 fully saturated rings. The number of hydrogen-bond donors (Lipinski definition) is 1. The van der Waals surface area contributed by atoms with E-state index in [9.17, 15) is 9.59 Å². The lowest BCUT2D eigenvalue weighted by atomic mass is 10.1. The second-order valence-corrected chi connectivity index (χ2v) is 6.71. The lowest BCUT2D eigenvalue weighted by Gasteiger charge is -2.39. The number of benzene rings is 2. The van der Waals surface area contributed by atoms with Crippen LogP contribution in [-0.2, 0) is 4.79 Å². The number of nitrogens with one attached hydrogen (secondary N) is 1. The fraction of sp³-hybridized carbons (Fsp3) is 0.286. The summed E-state index contributed by atoms with van der Waals surface area (Å²) in [6, 6.07) is 12.4. The van der Waals surface area contributed by atoms with Gasteiger partial charge in [-0.2, -0.15) is 0 Å². The molecule has 0 radical (unpaired) electrons. The van der Waals surface area contributed by atoms with Gasteiger partial charge in [-0.3, -0.25) is 19.6 Å². The Balaban J connectivity index is 1.61. The molecule has 1 N–H and O–H groups in total. The molecule has 8 heteroatoms. The van der Waals surface area contributed by atoms with Crippen molar-refractivity contribution in [2.24, 2.45) is 4.99 Å². The van der Waals surface area contributed by atoms with E-state index in [0.29, 0.717) is 41.8 Å². The number of carbonyl (C=O) groups excluding carboxylic acids is 2. The largest absolute Gasteiger partial charge is 0.497 e. The van der Waals surface area contributed by atoms with Crippen LogP contribution in [0.4, 0.5) is 16.2 Å². The van der Waals surface area contributed by atoms with E-state index in [1.807, 2.05) is 24.3 Å². The molecule has 2 heterocycles. The van der Waals surface area contributed by atoms with Crippen molar-refractivity contribution < 1.29 is 19.1 Å². The third-order valence-electron chi connectivity index (χ3n) is 4.94. The maximum absolute atomic E-state index is 13.1. The summed E-state index contributed by atoms with van der Waals surface area (Å²) in [6.07, 6.45) is 0.804. The molecule has 0 unspecified atom stereocenters. The Labute approximate surface area is 168 Å². The van der Waals surface area contributed by atoms with Gasteiger partial charge in [0.05, 0.1) is 25.6 Å². The Morgan fingerprint density at radius 2 is 2.00 bits per heavy atom. The van der Waals surface area contributed by atoms with Gasteiger partial charge in [-0.15, -0.1) is 0 Å². The highest BCUT2D eigenvalue weighted by molar-refractivity contribution is 6.20. The number of carbonyl (C=O) groups is 2. The minimum absolute atomic E-state index is 0.125. The zero-order valence-electron chi connectivity index (χ0n) is 16.3. The molecule has 0 saturated heterocycles. The van der Waals surface area contributed by atoms with Gasteiger partial charge in [0.25, 0.3) is 0 Å². The van der Waals surface area contributed by atoms with Crippen molar-refractivity contribution in [3.05, 3.63) is 48.0 Å². The average Bonchev–Trinajstić information content (AvgIpc) is 2.76. The number of para-hydroxylation sites is 1. The maximum atomic E-state index is 13.1. The molecule has 29 heavy (non-hydrogen) atoms. The number of methoxy groups -OCH3 is 2. The molecule has 0 aliphatic carbocycles. The summed E-state index contributed by atoms with van der Waals surface area (Å²) >= 11 is 0. The summed E-state index contributed by atoms with van der Waals surface area (Å²) in [5, 5.41) is 2.82. The highest BCUT2D eigenvalue weighted by Crippen LogP contribution is 2.31. The number of amides is 3. The molecule has 2 aliphatic rings. The van der Waals surface area contributed by atoms with Crippen molar-refractivity contribution in [2.75, 3.05) is 44.1 Å². The number of urea groups is 1. The van der Waals surface area contributed by atoms with Crippen LogP contribution in [0, 0.1) is 0 Å². The van der Waals surface area contributed by atoms with Crippen molar-refractivity contribution in [1.82, 2.24) is 4.90 Å². The number of hydrogen-bond acceptors (Lipinski definition) is 5. The number of nitrogens with zero attached hydrogens (tertiary/aromatic N) is 3. The van der Waals surface area contributed by atoms with E-state index in [2.05, 4.69) is 10.3 Å².